The van der Waals surface area contributed by atoms with Crippen molar-refractivity contribution in [3.8, 4) is 0 Å². The molecular weight excluding hydrogens is 297 g/mol. The van der Waals surface area contributed by atoms with Crippen LogP contribution in [0.2, 0.25) is 0 Å². The van der Waals surface area contributed by atoms with Crippen LogP contribution in [0.4, 0.5) is 18.9 Å². The Kier molecular flexibility index (Phi) is 3.46. The van der Waals surface area contributed by atoms with Gasteiger partial charge in [0.1, 0.15) is 4.90 Å². The lowest BCUT2D eigenvalue weighted by atomic mass is 10.2. The molecule has 0 aliphatic heterocycles. The average molecular weight is 306 g/mol. The summed E-state index contributed by atoms with van der Waals surface area (Å²) >= 11 is 0. The van der Waals surface area contributed by atoms with Crippen LogP contribution in [-0.4, -0.2) is 13.6 Å². The number of halogens is 3. The number of anilines is 1. The van der Waals surface area contributed by atoms with E-state index < -0.39 is 21.8 Å². The summed E-state index contributed by atoms with van der Waals surface area (Å²) in [6, 6.07) is 3.64. The molecule has 1 aromatic carbocycles. The maximum Gasteiger partial charge on any atom is 0.416 e. The fourth-order valence-corrected chi connectivity index (χ4v) is 2.64. The Morgan fingerprint density at radius 2 is 1.80 bits per heavy atom. The van der Waals surface area contributed by atoms with E-state index in [1.54, 1.807) is 0 Å². The van der Waals surface area contributed by atoms with E-state index in [0.717, 1.165) is 30.5 Å². The first-order valence-corrected chi connectivity index (χ1v) is 6.80. The lowest BCUT2D eigenvalue weighted by Crippen LogP contribution is -2.13. The Bertz CT molecular complexity index is 705. The van der Waals surface area contributed by atoms with Crippen molar-refractivity contribution in [3.05, 3.63) is 41.8 Å². The number of nitrogens with zero attached hydrogens (tertiary/aromatic N) is 1. The molecule has 1 N–H and O–H groups in total. The van der Waals surface area contributed by atoms with Gasteiger partial charge in [-0.05, 0) is 31.2 Å². The fraction of sp³-hybridized carbons (Fsp3) is 0.182. The highest BCUT2D eigenvalue weighted by atomic mass is 32.2. The minimum Gasteiger partial charge on any atom is -0.360 e. The number of alkyl halides is 3. The molecule has 0 fully saturated rings. The van der Waals surface area contributed by atoms with Crippen molar-refractivity contribution < 1.29 is 26.1 Å². The molecule has 1 aromatic heterocycles. The highest BCUT2D eigenvalue weighted by molar-refractivity contribution is 7.92. The van der Waals surface area contributed by atoms with E-state index in [4.69, 9.17) is 0 Å². The van der Waals surface area contributed by atoms with Crippen LogP contribution in [0, 0.1) is 6.92 Å². The Morgan fingerprint density at radius 1 is 1.20 bits per heavy atom. The molecular formula is C11H9F3N2O3S. The first-order valence-electron chi connectivity index (χ1n) is 5.31. The number of hydrogen-bond donors (Lipinski definition) is 1. The lowest BCUT2D eigenvalue weighted by molar-refractivity contribution is -0.137. The van der Waals surface area contributed by atoms with E-state index in [-0.39, 0.29) is 16.3 Å². The van der Waals surface area contributed by atoms with Gasteiger partial charge >= 0.3 is 6.18 Å². The smallest absolute Gasteiger partial charge is 0.360 e. The molecule has 0 radical (unpaired) electrons. The van der Waals surface area contributed by atoms with Gasteiger partial charge in [-0.15, -0.1) is 0 Å². The minimum atomic E-state index is -4.47. The van der Waals surface area contributed by atoms with Crippen LogP contribution in [0.15, 0.2) is 39.9 Å². The zero-order chi connectivity index (χ0) is 15.0. The summed E-state index contributed by atoms with van der Waals surface area (Å²) in [5.41, 5.74) is -0.847. The Labute approximate surface area is 112 Å². The number of rotatable bonds is 3. The molecule has 0 aliphatic rings. The molecule has 0 atom stereocenters. The quantitative estimate of drug-likeness (QED) is 0.946. The first-order chi connectivity index (χ1) is 9.20. The number of nitrogens with one attached hydrogen (secondary N) is 1. The minimum absolute atomic E-state index is 0.0126. The van der Waals surface area contributed by atoms with Gasteiger partial charge in [0.25, 0.3) is 10.0 Å². The van der Waals surface area contributed by atoms with E-state index in [9.17, 15) is 21.6 Å². The zero-order valence-electron chi connectivity index (χ0n) is 10.1. The molecule has 0 saturated carbocycles. The second-order valence-electron chi connectivity index (χ2n) is 3.93. The summed E-state index contributed by atoms with van der Waals surface area (Å²) < 4.78 is 67.8. The molecule has 1 heterocycles. The van der Waals surface area contributed by atoms with E-state index in [1.165, 1.54) is 6.92 Å². The van der Waals surface area contributed by atoms with Crippen LogP contribution in [0.3, 0.4) is 0 Å². The molecule has 0 unspecified atom stereocenters. The van der Waals surface area contributed by atoms with Gasteiger partial charge in [-0.3, -0.25) is 4.72 Å². The maximum absolute atomic E-state index is 12.4. The van der Waals surface area contributed by atoms with Gasteiger partial charge in [0, 0.05) is 5.69 Å². The number of sulfonamides is 1. The van der Waals surface area contributed by atoms with Crippen molar-refractivity contribution >= 4 is 15.7 Å². The van der Waals surface area contributed by atoms with Crippen LogP contribution in [0.1, 0.15) is 11.3 Å². The average Bonchev–Trinajstić information content (AvgIpc) is 2.75. The molecule has 0 saturated heterocycles. The fourth-order valence-electron chi connectivity index (χ4n) is 1.49. The lowest BCUT2D eigenvalue weighted by Gasteiger charge is -2.09. The summed E-state index contributed by atoms with van der Waals surface area (Å²) in [5, 5.41) is 3.33. The molecule has 108 valence electrons. The van der Waals surface area contributed by atoms with Gasteiger partial charge in [-0.25, -0.2) is 8.42 Å². The van der Waals surface area contributed by atoms with Gasteiger partial charge in [0.05, 0.1) is 11.8 Å². The molecule has 0 bridgehead atoms. The molecule has 2 rings (SSSR count). The zero-order valence-corrected chi connectivity index (χ0v) is 10.9. The third kappa shape index (κ3) is 2.93. The molecule has 0 aliphatic carbocycles. The number of aryl methyl sites for hydroxylation is 1. The first kappa shape index (κ1) is 14.4. The van der Waals surface area contributed by atoms with Crippen molar-refractivity contribution in [1.82, 2.24) is 5.16 Å². The van der Waals surface area contributed by atoms with Crippen molar-refractivity contribution in [2.75, 3.05) is 4.72 Å². The topological polar surface area (TPSA) is 72.2 Å². The third-order valence-electron chi connectivity index (χ3n) is 2.46. The van der Waals surface area contributed by atoms with E-state index >= 15 is 0 Å². The second kappa shape index (κ2) is 4.82. The predicted molar refractivity (Wildman–Crippen MR) is 63.5 cm³/mol. The molecule has 0 spiro atoms. The van der Waals surface area contributed by atoms with E-state index in [0.29, 0.717) is 0 Å². The largest absolute Gasteiger partial charge is 0.416 e. The van der Waals surface area contributed by atoms with Gasteiger partial charge < -0.3 is 4.52 Å². The van der Waals surface area contributed by atoms with E-state index in [1.807, 2.05) is 0 Å². The van der Waals surface area contributed by atoms with Crippen molar-refractivity contribution in [2.24, 2.45) is 0 Å². The SMILES string of the molecule is Cc1oncc1S(=O)(=O)Nc1ccc(C(F)(F)F)cc1. The van der Waals surface area contributed by atoms with Gasteiger partial charge in [0.15, 0.2) is 5.76 Å². The molecule has 5 nitrogen and oxygen atoms in total. The van der Waals surface area contributed by atoms with Crippen LogP contribution in [-0.2, 0) is 16.2 Å². The second-order valence-corrected chi connectivity index (χ2v) is 5.58. The van der Waals surface area contributed by atoms with Gasteiger partial charge in [-0.1, -0.05) is 5.16 Å². The summed E-state index contributed by atoms with van der Waals surface area (Å²) in [6.45, 7) is 1.41. The molecule has 2 aromatic rings. The highest BCUT2D eigenvalue weighted by Gasteiger charge is 2.30. The third-order valence-corrected chi connectivity index (χ3v) is 3.94. The summed E-state index contributed by atoms with van der Waals surface area (Å²) in [5.74, 6) is 0.0874. The Balaban J connectivity index is 2.25. The standard InChI is InChI=1S/C11H9F3N2O3S/c1-7-10(6-15-19-7)20(17,18)16-9-4-2-8(3-5-9)11(12,13)14/h2-6,16H,1H3. The van der Waals surface area contributed by atoms with E-state index in [2.05, 4.69) is 14.4 Å². The number of hydrogen-bond acceptors (Lipinski definition) is 4. The van der Waals surface area contributed by atoms with Gasteiger partial charge in [0.2, 0.25) is 0 Å². The number of aromatic nitrogens is 1. The monoisotopic (exact) mass is 306 g/mol. The van der Waals surface area contributed by atoms with Crippen molar-refractivity contribution in [3.63, 3.8) is 0 Å². The highest BCUT2D eigenvalue weighted by Crippen LogP contribution is 2.30. The molecule has 20 heavy (non-hydrogen) atoms. The summed E-state index contributed by atoms with van der Waals surface area (Å²) in [6.07, 6.45) is -3.45. The summed E-state index contributed by atoms with van der Waals surface area (Å²) in [7, 11) is -3.94. The van der Waals surface area contributed by atoms with Crippen LogP contribution < -0.4 is 4.72 Å². The molecule has 9 heteroatoms. The predicted octanol–water partition coefficient (Wildman–Crippen LogP) is 2.80. The van der Waals surface area contributed by atoms with Crippen molar-refractivity contribution in [2.45, 2.75) is 18.0 Å². The number of benzene rings is 1. The van der Waals surface area contributed by atoms with Gasteiger partial charge in [-0.2, -0.15) is 13.2 Å². The van der Waals surface area contributed by atoms with Crippen LogP contribution in [0.25, 0.3) is 0 Å². The maximum atomic E-state index is 12.4. The Morgan fingerprint density at radius 3 is 2.25 bits per heavy atom. The normalized spacial score (nSPS) is 12.4. The van der Waals surface area contributed by atoms with Crippen LogP contribution in [0.5, 0.6) is 0 Å². The van der Waals surface area contributed by atoms with Crippen LogP contribution >= 0.6 is 0 Å². The summed E-state index contributed by atoms with van der Waals surface area (Å²) in [4.78, 5) is -0.169. The Hall–Kier alpha value is -2.03. The molecule has 0 amide bonds. The van der Waals surface area contributed by atoms with Crippen molar-refractivity contribution in [1.29, 1.82) is 0 Å².